The van der Waals surface area contributed by atoms with E-state index in [-0.39, 0.29) is 25.5 Å². The van der Waals surface area contributed by atoms with Crippen LogP contribution in [0.3, 0.4) is 0 Å². The molecule has 0 radical (unpaired) electrons. The minimum absolute atomic E-state index is 0.0383. The predicted molar refractivity (Wildman–Crippen MR) is 86.8 cm³/mol. The number of nitriles is 1. The van der Waals surface area contributed by atoms with Gasteiger partial charge in [-0.25, -0.2) is 4.68 Å². The Morgan fingerprint density at radius 1 is 1.40 bits per heavy atom. The smallest absolute Gasteiger partial charge is 0.285 e. The van der Waals surface area contributed by atoms with Gasteiger partial charge in [-0.05, 0) is 31.5 Å². The quantitative estimate of drug-likeness (QED) is 0.859. The van der Waals surface area contributed by atoms with Crippen molar-refractivity contribution in [3.05, 3.63) is 45.4 Å². The van der Waals surface area contributed by atoms with Gasteiger partial charge in [0.2, 0.25) is 6.79 Å². The fourth-order valence-corrected chi connectivity index (χ4v) is 2.44. The first-order chi connectivity index (χ1) is 12.0. The maximum absolute atomic E-state index is 12.2. The number of aliphatic hydroxyl groups excluding tert-OH is 1. The van der Waals surface area contributed by atoms with E-state index in [1.165, 1.54) is 0 Å². The number of aromatic nitrogens is 2. The fourth-order valence-electron chi connectivity index (χ4n) is 2.44. The van der Waals surface area contributed by atoms with Crippen LogP contribution in [0.5, 0.6) is 17.2 Å². The van der Waals surface area contributed by atoms with Gasteiger partial charge in [-0.2, -0.15) is 10.4 Å². The number of aryl methyl sites for hydroxylation is 1. The van der Waals surface area contributed by atoms with Crippen LogP contribution in [0.25, 0.3) is 0 Å². The van der Waals surface area contributed by atoms with Crippen molar-refractivity contribution >= 4 is 0 Å². The Labute approximate surface area is 143 Å². The van der Waals surface area contributed by atoms with Crippen molar-refractivity contribution in [1.29, 1.82) is 5.26 Å². The molecule has 8 heteroatoms. The van der Waals surface area contributed by atoms with Crippen LogP contribution in [0.4, 0.5) is 0 Å². The summed E-state index contributed by atoms with van der Waals surface area (Å²) in [6.07, 6.45) is -0.968. The molecule has 0 saturated heterocycles. The minimum atomic E-state index is -0.968. The van der Waals surface area contributed by atoms with Crippen molar-refractivity contribution in [1.82, 2.24) is 9.78 Å². The van der Waals surface area contributed by atoms with E-state index < -0.39 is 11.7 Å². The maximum atomic E-state index is 12.2. The lowest BCUT2D eigenvalue weighted by Gasteiger charge is -2.15. The average Bonchev–Trinajstić information content (AvgIpc) is 3.06. The number of hydrogen-bond acceptors (Lipinski definition) is 7. The summed E-state index contributed by atoms with van der Waals surface area (Å²) < 4.78 is 17.1. The molecule has 1 aliphatic rings. The van der Waals surface area contributed by atoms with E-state index in [1.54, 1.807) is 32.0 Å². The van der Waals surface area contributed by atoms with Crippen molar-refractivity contribution in [3.63, 3.8) is 0 Å². The molecule has 1 aromatic carbocycles. The molecule has 1 aliphatic heterocycles. The highest BCUT2D eigenvalue weighted by Gasteiger charge is 2.16. The molecule has 0 saturated carbocycles. The van der Waals surface area contributed by atoms with Gasteiger partial charge in [0, 0.05) is 6.07 Å². The summed E-state index contributed by atoms with van der Waals surface area (Å²) in [6.45, 7) is 3.44. The van der Waals surface area contributed by atoms with E-state index in [1.807, 2.05) is 6.07 Å². The molecule has 0 unspecified atom stereocenters. The van der Waals surface area contributed by atoms with E-state index in [4.69, 9.17) is 19.5 Å². The monoisotopic (exact) mass is 343 g/mol. The van der Waals surface area contributed by atoms with Crippen molar-refractivity contribution in [3.8, 4) is 23.3 Å². The standard InChI is InChI=1S/C17H17N3O5/c1-10-11(2)19-20(17(22)14(10)6-18)7-12(21)8-23-13-3-4-15-16(5-13)25-9-24-15/h3-5,12,21H,7-9H2,1-2H3/t12-/m0/s1. The normalized spacial score (nSPS) is 13.4. The first-order valence-electron chi connectivity index (χ1n) is 7.68. The predicted octanol–water partition coefficient (Wildman–Crippen LogP) is 0.900. The molecule has 0 spiro atoms. The molecule has 1 N–H and O–H groups in total. The summed E-state index contributed by atoms with van der Waals surface area (Å²) in [5.41, 5.74) is 0.638. The molecular formula is C17H17N3O5. The first-order valence-corrected chi connectivity index (χ1v) is 7.68. The number of benzene rings is 1. The van der Waals surface area contributed by atoms with Gasteiger partial charge in [0.25, 0.3) is 5.56 Å². The van der Waals surface area contributed by atoms with Crippen molar-refractivity contribution in [2.45, 2.75) is 26.5 Å². The van der Waals surface area contributed by atoms with Gasteiger partial charge < -0.3 is 19.3 Å². The van der Waals surface area contributed by atoms with Crippen LogP contribution in [0.1, 0.15) is 16.8 Å². The Kier molecular flexibility index (Phi) is 4.59. The zero-order valence-electron chi connectivity index (χ0n) is 13.9. The van der Waals surface area contributed by atoms with Gasteiger partial charge in [-0.1, -0.05) is 0 Å². The van der Waals surface area contributed by atoms with Crippen LogP contribution in [0.2, 0.25) is 0 Å². The van der Waals surface area contributed by atoms with Gasteiger partial charge in [0.15, 0.2) is 11.5 Å². The van der Waals surface area contributed by atoms with E-state index in [0.717, 1.165) is 4.68 Å². The van der Waals surface area contributed by atoms with E-state index in [2.05, 4.69) is 5.10 Å². The lowest BCUT2D eigenvalue weighted by Crippen LogP contribution is -2.34. The largest absolute Gasteiger partial charge is 0.491 e. The van der Waals surface area contributed by atoms with Crippen LogP contribution in [-0.2, 0) is 6.54 Å². The molecule has 0 fully saturated rings. The second-order valence-electron chi connectivity index (χ2n) is 5.66. The summed E-state index contributed by atoms with van der Waals surface area (Å²) in [4.78, 5) is 12.2. The second kappa shape index (κ2) is 6.83. The third-order valence-electron chi connectivity index (χ3n) is 3.92. The van der Waals surface area contributed by atoms with Gasteiger partial charge in [0.1, 0.15) is 30.1 Å². The van der Waals surface area contributed by atoms with E-state index in [0.29, 0.717) is 28.5 Å². The molecule has 0 aliphatic carbocycles. The molecule has 130 valence electrons. The third-order valence-corrected chi connectivity index (χ3v) is 3.92. The van der Waals surface area contributed by atoms with Crippen LogP contribution in [0.15, 0.2) is 23.0 Å². The Hall–Kier alpha value is -3.05. The summed E-state index contributed by atoms with van der Waals surface area (Å²) >= 11 is 0. The first kappa shape index (κ1) is 16.8. The number of fused-ring (bicyclic) bond motifs is 1. The van der Waals surface area contributed by atoms with Crippen LogP contribution in [-0.4, -0.2) is 34.4 Å². The van der Waals surface area contributed by atoms with Gasteiger partial charge in [-0.15, -0.1) is 0 Å². The van der Waals surface area contributed by atoms with Crippen LogP contribution < -0.4 is 19.8 Å². The molecule has 8 nitrogen and oxygen atoms in total. The molecule has 3 rings (SSSR count). The molecular weight excluding hydrogens is 326 g/mol. The molecule has 25 heavy (non-hydrogen) atoms. The topological polar surface area (TPSA) is 107 Å². The average molecular weight is 343 g/mol. The second-order valence-corrected chi connectivity index (χ2v) is 5.66. The summed E-state index contributed by atoms with van der Waals surface area (Å²) in [7, 11) is 0. The number of aliphatic hydroxyl groups is 1. The molecule has 2 heterocycles. The fraction of sp³-hybridized carbons (Fsp3) is 0.353. The summed E-state index contributed by atoms with van der Waals surface area (Å²) in [6, 6.07) is 6.98. The summed E-state index contributed by atoms with van der Waals surface area (Å²) in [5.74, 6) is 1.74. The van der Waals surface area contributed by atoms with Crippen LogP contribution >= 0.6 is 0 Å². The Balaban J connectivity index is 1.67. The Morgan fingerprint density at radius 3 is 2.92 bits per heavy atom. The number of ether oxygens (including phenoxy) is 3. The van der Waals surface area contributed by atoms with Gasteiger partial charge in [-0.3, -0.25) is 4.79 Å². The number of hydrogen-bond donors (Lipinski definition) is 1. The molecule has 1 aromatic heterocycles. The molecule has 1 atom stereocenters. The zero-order valence-corrected chi connectivity index (χ0v) is 13.9. The van der Waals surface area contributed by atoms with Gasteiger partial charge in [0.05, 0.1) is 12.2 Å². The Bertz CT molecular complexity index is 900. The maximum Gasteiger partial charge on any atom is 0.285 e. The number of nitrogens with zero attached hydrogens (tertiary/aromatic N) is 3. The van der Waals surface area contributed by atoms with Crippen molar-refractivity contribution < 1.29 is 19.3 Å². The lowest BCUT2D eigenvalue weighted by atomic mass is 10.1. The Morgan fingerprint density at radius 2 is 2.16 bits per heavy atom. The minimum Gasteiger partial charge on any atom is -0.491 e. The van der Waals surface area contributed by atoms with E-state index in [9.17, 15) is 9.90 Å². The van der Waals surface area contributed by atoms with Crippen LogP contribution in [0, 0.1) is 25.2 Å². The third kappa shape index (κ3) is 3.41. The lowest BCUT2D eigenvalue weighted by molar-refractivity contribution is 0.0876. The molecule has 0 bridgehead atoms. The molecule has 0 amide bonds. The summed E-state index contributed by atoms with van der Waals surface area (Å²) in [5, 5.41) is 23.4. The van der Waals surface area contributed by atoms with E-state index >= 15 is 0 Å². The highest BCUT2D eigenvalue weighted by Crippen LogP contribution is 2.35. The highest BCUT2D eigenvalue weighted by molar-refractivity contribution is 5.46. The number of rotatable bonds is 5. The van der Waals surface area contributed by atoms with Gasteiger partial charge >= 0.3 is 0 Å². The molecule has 2 aromatic rings. The van der Waals surface area contributed by atoms with Crippen molar-refractivity contribution in [2.24, 2.45) is 0 Å². The highest BCUT2D eigenvalue weighted by atomic mass is 16.7. The zero-order chi connectivity index (χ0) is 18.0. The van der Waals surface area contributed by atoms with Crippen molar-refractivity contribution in [2.75, 3.05) is 13.4 Å². The SMILES string of the molecule is Cc1nn(C[C@H](O)COc2ccc3c(c2)OCO3)c(=O)c(C#N)c1C.